The molecule has 0 unspecified atom stereocenters. The van der Waals surface area contributed by atoms with Crippen molar-refractivity contribution in [2.24, 2.45) is 5.92 Å². The summed E-state index contributed by atoms with van der Waals surface area (Å²) in [5.41, 5.74) is 0. The summed E-state index contributed by atoms with van der Waals surface area (Å²) in [6, 6.07) is 4.17. The third-order valence-electron chi connectivity index (χ3n) is 3.40. The van der Waals surface area contributed by atoms with Crippen molar-refractivity contribution >= 4 is 20.2 Å². The molecule has 8 heteroatoms. The van der Waals surface area contributed by atoms with Gasteiger partial charge < -0.3 is 0 Å². The van der Waals surface area contributed by atoms with E-state index in [0.717, 1.165) is 25.0 Å². The zero-order valence-electron chi connectivity index (χ0n) is 11.9. The van der Waals surface area contributed by atoms with E-state index < -0.39 is 25.1 Å². The van der Waals surface area contributed by atoms with Crippen molar-refractivity contribution in [3.05, 3.63) is 24.3 Å². The highest BCUT2D eigenvalue weighted by Gasteiger charge is 2.33. The van der Waals surface area contributed by atoms with Crippen LogP contribution in [0, 0.1) is 5.92 Å². The second-order valence-corrected chi connectivity index (χ2v) is 8.76. The average molecular weight is 335 g/mol. The molecule has 1 fully saturated rings. The summed E-state index contributed by atoms with van der Waals surface area (Å²) >= 11 is 0. The van der Waals surface area contributed by atoms with E-state index in [9.17, 15) is 20.7 Å². The Morgan fingerprint density at radius 2 is 1.76 bits per heavy atom. The van der Waals surface area contributed by atoms with Gasteiger partial charge in [0.15, 0.2) is 0 Å². The van der Waals surface area contributed by atoms with Crippen molar-refractivity contribution in [3.63, 3.8) is 0 Å². The Labute approximate surface area is 125 Å². The van der Waals surface area contributed by atoms with Crippen LogP contribution in [-0.4, -0.2) is 33.7 Å². The van der Waals surface area contributed by atoms with Crippen LogP contribution < -0.4 is 0 Å². The molecule has 0 spiro atoms. The molecule has 0 N–H and O–H groups in total. The van der Waals surface area contributed by atoms with E-state index in [2.05, 4.69) is 0 Å². The van der Waals surface area contributed by atoms with Crippen LogP contribution in [0.4, 0.5) is 3.89 Å². The second kappa shape index (κ2) is 5.66. The number of rotatable bonds is 6. The van der Waals surface area contributed by atoms with Crippen LogP contribution in [0.2, 0.25) is 0 Å². The minimum Gasteiger partial charge on any atom is -0.207 e. The predicted molar refractivity (Wildman–Crippen MR) is 76.5 cm³/mol. The maximum Gasteiger partial charge on any atom is 0.332 e. The summed E-state index contributed by atoms with van der Waals surface area (Å²) in [5, 5.41) is 0. The molecule has 1 saturated carbocycles. The number of sulfonamides is 1. The standard InChI is InChI=1S/C13H18FNO4S2/c1-10(2)15(9-11-6-7-11)21(18,19)13-5-3-4-12(8-13)20(14,16)17/h3-5,8,10-11H,6-7,9H2,1-2H3. The zero-order valence-corrected chi connectivity index (χ0v) is 13.5. The number of benzene rings is 1. The lowest BCUT2D eigenvalue weighted by molar-refractivity contribution is 0.341. The van der Waals surface area contributed by atoms with E-state index in [1.807, 2.05) is 0 Å². The largest absolute Gasteiger partial charge is 0.332 e. The molecule has 2 rings (SSSR count). The van der Waals surface area contributed by atoms with Gasteiger partial charge in [-0.1, -0.05) is 6.07 Å². The fourth-order valence-corrected chi connectivity index (χ4v) is 4.41. The summed E-state index contributed by atoms with van der Waals surface area (Å²) < 4.78 is 61.5. The molecule has 0 atom stereocenters. The molecule has 0 saturated heterocycles. The van der Waals surface area contributed by atoms with Crippen molar-refractivity contribution in [1.29, 1.82) is 0 Å². The van der Waals surface area contributed by atoms with E-state index in [1.165, 1.54) is 16.4 Å². The first-order chi connectivity index (χ1) is 9.62. The van der Waals surface area contributed by atoms with Crippen molar-refractivity contribution < 1.29 is 20.7 Å². The van der Waals surface area contributed by atoms with Crippen LogP contribution in [-0.2, 0) is 20.2 Å². The first-order valence-electron chi connectivity index (χ1n) is 6.69. The van der Waals surface area contributed by atoms with E-state index in [4.69, 9.17) is 0 Å². The van der Waals surface area contributed by atoms with Crippen LogP contribution in [0.15, 0.2) is 34.1 Å². The molecule has 1 aliphatic carbocycles. The lowest BCUT2D eigenvalue weighted by atomic mass is 10.3. The maximum absolute atomic E-state index is 13.0. The lowest BCUT2D eigenvalue weighted by Crippen LogP contribution is -2.38. The quantitative estimate of drug-likeness (QED) is 0.747. The van der Waals surface area contributed by atoms with Gasteiger partial charge in [-0.15, -0.1) is 3.89 Å². The molecule has 1 aromatic rings. The number of halogens is 1. The van der Waals surface area contributed by atoms with Gasteiger partial charge >= 0.3 is 10.2 Å². The Balaban J connectivity index is 2.42. The van der Waals surface area contributed by atoms with Crippen LogP contribution in [0.25, 0.3) is 0 Å². The molecule has 5 nitrogen and oxygen atoms in total. The number of hydrogen-bond acceptors (Lipinski definition) is 4. The highest BCUT2D eigenvalue weighted by atomic mass is 32.3. The van der Waals surface area contributed by atoms with Gasteiger partial charge in [-0.25, -0.2) is 8.42 Å². The molecule has 118 valence electrons. The van der Waals surface area contributed by atoms with Gasteiger partial charge in [0.1, 0.15) is 0 Å². The van der Waals surface area contributed by atoms with Crippen LogP contribution >= 0.6 is 0 Å². The molecule has 1 aliphatic rings. The maximum atomic E-state index is 13.0. The first-order valence-corrected chi connectivity index (χ1v) is 9.51. The Hall–Kier alpha value is -0.990. The van der Waals surface area contributed by atoms with Gasteiger partial charge in [0, 0.05) is 12.6 Å². The molecule has 0 amide bonds. The molecule has 1 aromatic carbocycles. The Kier molecular flexibility index (Phi) is 4.41. The molecule has 0 bridgehead atoms. The van der Waals surface area contributed by atoms with E-state index in [0.29, 0.717) is 12.5 Å². The fraction of sp³-hybridized carbons (Fsp3) is 0.538. The number of hydrogen-bond donors (Lipinski definition) is 0. The second-order valence-electron chi connectivity index (χ2n) is 5.52. The van der Waals surface area contributed by atoms with Gasteiger partial charge in [-0.05, 0) is 50.8 Å². The number of nitrogens with zero attached hydrogens (tertiary/aromatic N) is 1. The molecule has 0 aliphatic heterocycles. The minimum absolute atomic E-state index is 0.199. The Bertz CT molecular complexity index is 724. The smallest absolute Gasteiger partial charge is 0.207 e. The molecular formula is C13H18FNO4S2. The third-order valence-corrected chi connectivity index (χ3v) is 6.26. The van der Waals surface area contributed by atoms with E-state index in [1.54, 1.807) is 13.8 Å². The van der Waals surface area contributed by atoms with Crippen LogP contribution in [0.3, 0.4) is 0 Å². The van der Waals surface area contributed by atoms with Gasteiger partial charge in [0.25, 0.3) is 0 Å². The van der Waals surface area contributed by atoms with Crippen molar-refractivity contribution in [2.45, 2.75) is 42.5 Å². The molecule has 0 aromatic heterocycles. The zero-order chi connectivity index (χ0) is 15.8. The van der Waals surface area contributed by atoms with Crippen LogP contribution in [0.5, 0.6) is 0 Å². The van der Waals surface area contributed by atoms with Gasteiger partial charge in [-0.2, -0.15) is 12.7 Å². The minimum atomic E-state index is -4.93. The lowest BCUT2D eigenvalue weighted by Gasteiger charge is -2.26. The monoisotopic (exact) mass is 335 g/mol. The van der Waals surface area contributed by atoms with Crippen molar-refractivity contribution in [3.8, 4) is 0 Å². The summed E-state index contributed by atoms with van der Waals surface area (Å²) in [6.07, 6.45) is 2.00. The topological polar surface area (TPSA) is 71.5 Å². The highest BCUT2D eigenvalue weighted by molar-refractivity contribution is 7.89. The van der Waals surface area contributed by atoms with Gasteiger partial charge in [-0.3, -0.25) is 0 Å². The van der Waals surface area contributed by atoms with E-state index >= 15 is 0 Å². The van der Waals surface area contributed by atoms with Gasteiger partial charge in [0.2, 0.25) is 10.0 Å². The molecular weight excluding hydrogens is 317 g/mol. The summed E-state index contributed by atoms with van der Waals surface area (Å²) in [5.74, 6) is 0.357. The Morgan fingerprint density at radius 3 is 2.24 bits per heavy atom. The van der Waals surface area contributed by atoms with Gasteiger partial charge in [0.05, 0.1) is 9.79 Å². The predicted octanol–water partition coefficient (Wildman–Crippen LogP) is 2.15. The Morgan fingerprint density at radius 1 is 1.19 bits per heavy atom. The fourth-order valence-electron chi connectivity index (χ4n) is 2.06. The first kappa shape index (κ1) is 16.4. The summed E-state index contributed by atoms with van der Waals surface area (Å²) in [4.78, 5) is -0.839. The van der Waals surface area contributed by atoms with Crippen LogP contribution in [0.1, 0.15) is 26.7 Å². The third kappa shape index (κ3) is 3.81. The summed E-state index contributed by atoms with van der Waals surface area (Å²) in [6.45, 7) is 3.93. The molecule has 21 heavy (non-hydrogen) atoms. The normalized spacial score (nSPS) is 16.6. The SMILES string of the molecule is CC(C)N(CC1CC1)S(=O)(=O)c1cccc(S(=O)(=O)F)c1. The van der Waals surface area contributed by atoms with Crippen molar-refractivity contribution in [1.82, 2.24) is 4.31 Å². The van der Waals surface area contributed by atoms with Crippen molar-refractivity contribution in [2.75, 3.05) is 6.54 Å². The van der Waals surface area contributed by atoms with E-state index in [-0.39, 0.29) is 10.9 Å². The highest BCUT2D eigenvalue weighted by Crippen LogP contribution is 2.32. The molecule has 0 radical (unpaired) electrons. The average Bonchev–Trinajstić information content (AvgIpc) is 3.18. The summed E-state index contributed by atoms with van der Waals surface area (Å²) in [7, 11) is -8.76. The molecule has 0 heterocycles.